The zero-order chi connectivity index (χ0) is 46.6. The van der Waals surface area contributed by atoms with Gasteiger partial charge in [0.1, 0.15) is 28.8 Å². The third-order valence-electron chi connectivity index (χ3n) is 10.8. The molecule has 0 saturated heterocycles. The maximum absolute atomic E-state index is 17.1. The zero-order valence-corrected chi connectivity index (χ0v) is 38.2. The number of nitrogens with zero attached hydrogens (tertiary/aromatic N) is 4. The van der Waals surface area contributed by atoms with E-state index in [4.69, 9.17) is 19.3 Å². The first-order chi connectivity index (χ1) is 31.7. The van der Waals surface area contributed by atoms with Crippen LogP contribution in [0.2, 0.25) is 0 Å². The average Bonchev–Trinajstić information content (AvgIpc) is 3.75. The van der Waals surface area contributed by atoms with Gasteiger partial charge in [-0.05, 0) is 101 Å². The Labute approximate surface area is 385 Å². The number of phenols is 1. The lowest BCUT2D eigenvalue weighted by molar-refractivity contribution is -0.0360. The number of hydrogen-bond donors (Lipinski definition) is 2. The molecule has 6 aromatic carbocycles. The van der Waals surface area contributed by atoms with Gasteiger partial charge in [0.25, 0.3) is 0 Å². The highest BCUT2D eigenvalue weighted by Crippen LogP contribution is 2.46. The van der Waals surface area contributed by atoms with Gasteiger partial charge < -0.3 is 24.5 Å². The van der Waals surface area contributed by atoms with Gasteiger partial charge in [0.2, 0.25) is 0 Å². The van der Waals surface area contributed by atoms with Crippen LogP contribution in [0.5, 0.6) is 11.5 Å². The van der Waals surface area contributed by atoms with Crippen molar-refractivity contribution in [1.29, 1.82) is 0 Å². The Bertz CT molecular complexity index is 2840. The molecule has 2 heterocycles. The number of carbonyl (C=O) groups excluding carboxylic acids is 1. The fourth-order valence-electron chi connectivity index (χ4n) is 8.24. The summed E-state index contributed by atoms with van der Waals surface area (Å²) < 4.78 is 30.9. The highest BCUT2D eigenvalue weighted by atomic mass is 19.1. The fraction of sp³-hybridized carbons (Fsp3) is 0.218. The van der Waals surface area contributed by atoms with E-state index in [-0.39, 0.29) is 23.7 Å². The normalized spacial score (nSPS) is 12.4. The minimum atomic E-state index is -1.07. The van der Waals surface area contributed by atoms with Crippen LogP contribution in [-0.4, -0.2) is 43.5 Å². The van der Waals surface area contributed by atoms with Crippen molar-refractivity contribution in [3.63, 3.8) is 0 Å². The van der Waals surface area contributed by atoms with Gasteiger partial charge in [-0.25, -0.2) is 19.2 Å². The van der Waals surface area contributed by atoms with Crippen LogP contribution in [0.1, 0.15) is 82.6 Å². The number of rotatable bonds is 13. The molecule has 66 heavy (non-hydrogen) atoms. The number of hydroxylamine groups is 1. The highest BCUT2D eigenvalue weighted by Gasteiger charge is 2.42. The molecule has 2 N–H and O–H groups in total. The predicted octanol–water partition coefficient (Wildman–Crippen LogP) is 12.9. The molecule has 2 aromatic heterocycles. The van der Waals surface area contributed by atoms with E-state index in [1.807, 2.05) is 143 Å². The number of hydrogen-bond acceptors (Lipinski definition) is 8. The molecule has 1 unspecified atom stereocenters. The van der Waals surface area contributed by atoms with E-state index >= 15 is 4.39 Å². The molecule has 10 nitrogen and oxygen atoms in total. The number of amides is 1. The van der Waals surface area contributed by atoms with Gasteiger partial charge in [0, 0.05) is 40.7 Å². The zero-order valence-electron chi connectivity index (χ0n) is 38.2. The summed E-state index contributed by atoms with van der Waals surface area (Å²) >= 11 is 0. The van der Waals surface area contributed by atoms with Crippen LogP contribution in [0.3, 0.4) is 0 Å². The Morgan fingerprint density at radius 2 is 1.33 bits per heavy atom. The Kier molecular flexibility index (Phi) is 12.7. The maximum atomic E-state index is 17.1. The minimum absolute atomic E-state index is 0.0955. The Morgan fingerprint density at radius 1 is 0.758 bits per heavy atom. The van der Waals surface area contributed by atoms with E-state index in [9.17, 15) is 9.90 Å². The summed E-state index contributed by atoms with van der Waals surface area (Å²) in [6, 6.07) is 49.7. The number of halogens is 1. The second kappa shape index (κ2) is 18.5. The van der Waals surface area contributed by atoms with Crippen molar-refractivity contribution in [1.82, 2.24) is 14.5 Å². The number of phenolic OH excluding ortho intramolecular Hbond substituents is 1. The molecule has 11 heteroatoms. The van der Waals surface area contributed by atoms with Gasteiger partial charge in [-0.15, -0.1) is 5.06 Å². The van der Waals surface area contributed by atoms with E-state index in [0.717, 1.165) is 27.3 Å². The third-order valence-corrected chi connectivity index (χ3v) is 10.8. The Hall–Kier alpha value is -7.50. The van der Waals surface area contributed by atoms with E-state index < -0.39 is 40.4 Å². The van der Waals surface area contributed by atoms with Gasteiger partial charge in [-0.2, -0.15) is 0 Å². The van der Waals surface area contributed by atoms with Crippen LogP contribution in [0.15, 0.2) is 170 Å². The van der Waals surface area contributed by atoms with Crippen LogP contribution in [0.25, 0.3) is 22.0 Å². The van der Waals surface area contributed by atoms with Gasteiger partial charge in [-0.3, -0.25) is 4.84 Å². The summed E-state index contributed by atoms with van der Waals surface area (Å²) in [5.41, 5.74) is 2.31. The molecule has 0 bridgehead atoms. The van der Waals surface area contributed by atoms with E-state index in [2.05, 4.69) is 51.3 Å². The summed E-state index contributed by atoms with van der Waals surface area (Å²) in [6.45, 7) is 13.0. The molecule has 8 rings (SSSR count). The van der Waals surface area contributed by atoms with Crippen LogP contribution in [-0.2, 0) is 15.1 Å². The SMILES string of the molecule is CCOc1cc(O)c(F)c(C(Nc2ccc3c(N(OC(C)(C)C)C(=O)OC(C)(C)C)nccc3c2)c2nc(-c3ccccc3)cn2C(c2ccccc2)(c2ccccc2)c2ccccc2)c1. The van der Waals surface area contributed by atoms with Crippen molar-refractivity contribution in [2.24, 2.45) is 0 Å². The molecule has 0 aliphatic carbocycles. The molecular formula is C55H54FN5O5. The number of fused-ring (bicyclic) bond motifs is 1. The monoisotopic (exact) mass is 883 g/mol. The van der Waals surface area contributed by atoms with Crippen molar-refractivity contribution in [3.8, 4) is 22.8 Å². The smallest absolute Gasteiger partial charge is 0.440 e. The fourth-order valence-corrected chi connectivity index (χ4v) is 8.24. The number of aromatic nitrogens is 3. The molecule has 336 valence electrons. The lowest BCUT2D eigenvalue weighted by Gasteiger charge is -2.39. The van der Waals surface area contributed by atoms with Crippen molar-refractivity contribution < 1.29 is 28.6 Å². The maximum Gasteiger partial charge on any atom is 0.440 e. The van der Waals surface area contributed by atoms with Gasteiger partial charge in [-0.1, -0.05) is 121 Å². The van der Waals surface area contributed by atoms with Crippen molar-refractivity contribution in [2.45, 2.75) is 71.2 Å². The number of aromatic hydroxyl groups is 1. The summed E-state index contributed by atoms with van der Waals surface area (Å²) in [4.78, 5) is 30.0. The largest absolute Gasteiger partial charge is 0.505 e. The van der Waals surface area contributed by atoms with E-state index in [1.54, 1.807) is 33.0 Å². The molecule has 0 saturated carbocycles. The molecular weight excluding hydrogens is 830 g/mol. The van der Waals surface area contributed by atoms with Crippen LogP contribution >= 0.6 is 0 Å². The predicted molar refractivity (Wildman–Crippen MR) is 258 cm³/mol. The second-order valence-corrected chi connectivity index (χ2v) is 17.9. The number of carbonyl (C=O) groups is 1. The van der Waals surface area contributed by atoms with Crippen molar-refractivity contribution in [2.75, 3.05) is 17.0 Å². The second-order valence-electron chi connectivity index (χ2n) is 17.9. The molecule has 1 atom stereocenters. The number of benzene rings is 6. The lowest BCUT2D eigenvalue weighted by Crippen LogP contribution is -2.42. The van der Waals surface area contributed by atoms with Gasteiger partial charge in [0.05, 0.1) is 17.9 Å². The first-order valence-electron chi connectivity index (χ1n) is 22.0. The number of nitrogens with one attached hydrogen (secondary N) is 1. The van der Waals surface area contributed by atoms with E-state index in [0.29, 0.717) is 28.0 Å². The third kappa shape index (κ3) is 9.34. The first-order valence-corrected chi connectivity index (χ1v) is 22.0. The van der Waals surface area contributed by atoms with Crippen molar-refractivity contribution >= 4 is 28.4 Å². The number of imidazole rings is 1. The summed E-state index contributed by atoms with van der Waals surface area (Å²) in [6.07, 6.45) is 2.90. The van der Waals surface area contributed by atoms with Crippen LogP contribution in [0.4, 0.5) is 20.7 Å². The molecule has 1 amide bonds. The van der Waals surface area contributed by atoms with Crippen LogP contribution in [0, 0.1) is 5.82 Å². The minimum Gasteiger partial charge on any atom is -0.505 e. The first kappa shape index (κ1) is 45.1. The lowest BCUT2D eigenvalue weighted by atomic mass is 9.76. The topological polar surface area (TPSA) is 111 Å². The Balaban J connectivity index is 1.40. The van der Waals surface area contributed by atoms with Gasteiger partial charge >= 0.3 is 6.09 Å². The summed E-state index contributed by atoms with van der Waals surface area (Å²) in [5.74, 6) is -0.449. The standard InChI is InChI=1S/C55H54FN5O5/c1-8-64-43-34-45(48(56)47(62)35-43)49(58-42-29-30-44-38(33-42)31-32-57-50(44)61(66-54(5,6)7)52(63)65-53(2,3)4)51-59-46(37-21-13-9-14-22-37)36-60(51)55(39-23-15-10-16-24-39,40-25-17-11-18-26-40)41-27-19-12-20-28-41/h9-36,49,58,62H,8H2,1-7H3. The molecule has 0 radical (unpaired) electrons. The molecule has 0 spiro atoms. The number of ether oxygens (including phenoxy) is 2. The van der Waals surface area contributed by atoms with Crippen molar-refractivity contribution in [3.05, 3.63) is 204 Å². The molecule has 0 fully saturated rings. The number of pyridine rings is 1. The van der Waals surface area contributed by atoms with E-state index in [1.165, 1.54) is 6.07 Å². The molecule has 8 aromatic rings. The molecule has 0 aliphatic heterocycles. The molecule has 0 aliphatic rings. The number of anilines is 2. The quantitative estimate of drug-likeness (QED) is 0.0870. The van der Waals surface area contributed by atoms with Gasteiger partial charge in [0.15, 0.2) is 17.4 Å². The van der Waals surface area contributed by atoms with Crippen LogP contribution < -0.4 is 15.1 Å². The highest BCUT2D eigenvalue weighted by molar-refractivity contribution is 5.99. The average molecular weight is 884 g/mol. The summed E-state index contributed by atoms with van der Waals surface area (Å²) in [7, 11) is 0. The summed E-state index contributed by atoms with van der Waals surface area (Å²) in [5, 5.41) is 17.3. The Morgan fingerprint density at radius 3 is 1.88 bits per heavy atom.